The lowest BCUT2D eigenvalue weighted by Gasteiger charge is -2.35. The molecular weight excluding hydrogens is 433 g/mol. The Morgan fingerprint density at radius 2 is 1.54 bits per heavy atom. The minimum Gasteiger partial charge on any atom is -0.487 e. The monoisotopic (exact) mass is 457 g/mol. The fourth-order valence-corrected chi connectivity index (χ4v) is 3.53. The van der Waals surface area contributed by atoms with Crippen LogP contribution in [0.4, 0.5) is 0 Å². The van der Waals surface area contributed by atoms with Gasteiger partial charge in [0.15, 0.2) is 0 Å². The van der Waals surface area contributed by atoms with Crippen LogP contribution in [0.25, 0.3) is 0 Å². The minimum absolute atomic E-state index is 0.0378. The van der Waals surface area contributed by atoms with Gasteiger partial charge in [0.25, 0.3) is 0 Å². The molecule has 1 atom stereocenters. The van der Waals surface area contributed by atoms with Gasteiger partial charge in [0.2, 0.25) is 0 Å². The quantitative estimate of drug-likeness (QED) is 0.410. The Labute approximate surface area is 169 Å². The largest absolute Gasteiger partial charge is 0.487 e. The van der Waals surface area contributed by atoms with Crippen molar-refractivity contribution >= 4 is 22.6 Å². The van der Waals surface area contributed by atoms with Crippen molar-refractivity contribution in [2.45, 2.75) is 32.8 Å². The number of halogens is 1. The molecule has 0 fully saturated rings. The van der Waals surface area contributed by atoms with Crippen molar-refractivity contribution in [3.05, 3.63) is 93.3 Å². The Bertz CT molecular complexity index is 828. The molecule has 134 valence electrons. The van der Waals surface area contributed by atoms with E-state index in [1.54, 1.807) is 6.20 Å². The van der Waals surface area contributed by atoms with Crippen LogP contribution in [-0.2, 0) is 12.0 Å². The maximum atomic E-state index is 5.88. The molecule has 1 aromatic heterocycles. The maximum Gasteiger partial charge on any atom is 0.130 e. The number of hydrogen-bond donors (Lipinski definition) is 0. The Balaban J connectivity index is 1.81. The first kappa shape index (κ1) is 18.9. The number of benzene rings is 2. The molecule has 3 heteroatoms. The number of ether oxygens (including phenoxy) is 1. The van der Waals surface area contributed by atoms with Crippen LogP contribution >= 0.6 is 22.6 Å². The van der Waals surface area contributed by atoms with Gasteiger partial charge in [-0.1, -0.05) is 51.1 Å². The second kappa shape index (κ2) is 8.21. The zero-order chi connectivity index (χ0) is 18.6. The second-order valence-corrected chi connectivity index (χ2v) is 8.24. The summed E-state index contributed by atoms with van der Waals surface area (Å²) in [6.07, 6.45) is 1.79. The highest BCUT2D eigenvalue weighted by Crippen LogP contribution is 2.39. The van der Waals surface area contributed by atoms with Gasteiger partial charge in [0.05, 0.1) is 5.69 Å². The van der Waals surface area contributed by atoms with Gasteiger partial charge in [-0.25, -0.2) is 0 Å². The first-order valence-electron chi connectivity index (χ1n) is 8.89. The van der Waals surface area contributed by atoms with E-state index in [4.69, 9.17) is 4.74 Å². The predicted molar refractivity (Wildman–Crippen MR) is 115 cm³/mol. The summed E-state index contributed by atoms with van der Waals surface area (Å²) >= 11 is 2.35. The lowest BCUT2D eigenvalue weighted by atomic mass is 9.68. The first-order chi connectivity index (χ1) is 12.5. The third-order valence-corrected chi connectivity index (χ3v) is 5.88. The molecule has 1 heterocycles. The number of hydrogen-bond acceptors (Lipinski definition) is 2. The normalized spacial score (nSPS) is 13.4. The molecule has 26 heavy (non-hydrogen) atoms. The number of rotatable bonds is 6. The van der Waals surface area contributed by atoms with Gasteiger partial charge in [0.1, 0.15) is 12.4 Å². The van der Waals surface area contributed by atoms with Gasteiger partial charge in [0, 0.05) is 15.2 Å². The molecule has 0 aliphatic heterocycles. The molecule has 0 bridgehead atoms. The van der Waals surface area contributed by atoms with Crippen LogP contribution in [0, 0.1) is 9.49 Å². The van der Waals surface area contributed by atoms with Crippen LogP contribution in [0.5, 0.6) is 5.75 Å². The van der Waals surface area contributed by atoms with E-state index in [-0.39, 0.29) is 5.41 Å². The number of nitrogens with zero attached hydrogens (tertiary/aromatic N) is 1. The summed E-state index contributed by atoms with van der Waals surface area (Å²) in [4.78, 5) is 4.29. The average Bonchev–Trinajstić information content (AvgIpc) is 2.67. The third kappa shape index (κ3) is 4.09. The molecule has 0 radical (unpaired) electrons. The van der Waals surface area contributed by atoms with Crippen LogP contribution in [0.1, 0.15) is 37.6 Å². The molecular formula is C23H24INO. The Kier molecular flexibility index (Phi) is 5.97. The van der Waals surface area contributed by atoms with Crippen molar-refractivity contribution in [3.8, 4) is 5.75 Å². The van der Waals surface area contributed by atoms with E-state index in [1.807, 2.05) is 18.2 Å². The molecule has 0 spiro atoms. The van der Waals surface area contributed by atoms with Crippen molar-refractivity contribution in [3.63, 3.8) is 0 Å². The fraction of sp³-hybridized carbons (Fsp3) is 0.261. The molecule has 2 nitrogen and oxygen atoms in total. The van der Waals surface area contributed by atoms with Gasteiger partial charge < -0.3 is 4.74 Å². The van der Waals surface area contributed by atoms with Crippen molar-refractivity contribution in [2.75, 3.05) is 0 Å². The van der Waals surface area contributed by atoms with Gasteiger partial charge in [-0.2, -0.15) is 0 Å². The van der Waals surface area contributed by atoms with Crippen molar-refractivity contribution in [2.24, 2.45) is 5.92 Å². The SMILES string of the molecule is CC(C)C(C)(c1ccc(I)cc1)c1ccc(OCc2ccccn2)cc1. The van der Waals surface area contributed by atoms with E-state index >= 15 is 0 Å². The van der Waals surface area contributed by atoms with Crippen molar-refractivity contribution in [1.82, 2.24) is 4.98 Å². The zero-order valence-electron chi connectivity index (χ0n) is 15.4. The molecule has 0 saturated heterocycles. The van der Waals surface area contributed by atoms with Gasteiger partial charge in [-0.05, 0) is 76.0 Å². The van der Waals surface area contributed by atoms with Gasteiger partial charge in [-0.3, -0.25) is 4.98 Å². The van der Waals surface area contributed by atoms with Crippen LogP contribution in [-0.4, -0.2) is 4.98 Å². The average molecular weight is 457 g/mol. The molecule has 0 amide bonds. The lowest BCUT2D eigenvalue weighted by molar-refractivity contribution is 0.301. The van der Waals surface area contributed by atoms with Crippen molar-refractivity contribution < 1.29 is 4.74 Å². The van der Waals surface area contributed by atoms with Crippen LogP contribution in [0.2, 0.25) is 0 Å². The molecule has 2 aromatic carbocycles. The summed E-state index contributed by atoms with van der Waals surface area (Å²) in [5.41, 5.74) is 3.54. The highest BCUT2D eigenvalue weighted by molar-refractivity contribution is 14.1. The second-order valence-electron chi connectivity index (χ2n) is 7.00. The highest BCUT2D eigenvalue weighted by atomic mass is 127. The number of pyridine rings is 1. The highest BCUT2D eigenvalue weighted by Gasteiger charge is 2.32. The molecule has 0 aliphatic carbocycles. The van der Waals surface area contributed by atoms with E-state index in [1.165, 1.54) is 14.7 Å². The van der Waals surface area contributed by atoms with E-state index < -0.39 is 0 Å². The zero-order valence-corrected chi connectivity index (χ0v) is 17.6. The summed E-state index contributed by atoms with van der Waals surface area (Å²) in [7, 11) is 0. The molecule has 3 aromatic rings. The standard InChI is InChI=1S/C23H24INO/c1-17(2)23(3,18-7-11-20(24)12-8-18)19-9-13-22(14-10-19)26-16-21-6-4-5-15-25-21/h4-15,17H,16H2,1-3H3. The Morgan fingerprint density at radius 3 is 2.08 bits per heavy atom. The minimum atomic E-state index is -0.0378. The molecule has 0 N–H and O–H groups in total. The predicted octanol–water partition coefficient (Wildman–Crippen LogP) is 6.23. The van der Waals surface area contributed by atoms with E-state index in [2.05, 4.69) is 96.9 Å². The first-order valence-corrected chi connectivity index (χ1v) is 9.97. The fourth-order valence-electron chi connectivity index (χ4n) is 3.17. The molecule has 0 saturated carbocycles. The Hall–Kier alpha value is -1.88. The van der Waals surface area contributed by atoms with Crippen LogP contribution in [0.3, 0.4) is 0 Å². The maximum absolute atomic E-state index is 5.88. The topological polar surface area (TPSA) is 22.1 Å². The molecule has 1 unspecified atom stereocenters. The molecule has 3 rings (SSSR count). The third-order valence-electron chi connectivity index (χ3n) is 5.17. The van der Waals surface area contributed by atoms with Crippen LogP contribution < -0.4 is 4.74 Å². The van der Waals surface area contributed by atoms with E-state index in [0.717, 1.165) is 11.4 Å². The summed E-state index contributed by atoms with van der Waals surface area (Å²) < 4.78 is 7.14. The lowest BCUT2D eigenvalue weighted by Crippen LogP contribution is -2.30. The van der Waals surface area contributed by atoms with Crippen LogP contribution in [0.15, 0.2) is 72.9 Å². The summed E-state index contributed by atoms with van der Waals surface area (Å²) in [5, 5.41) is 0. The van der Waals surface area contributed by atoms with Crippen molar-refractivity contribution in [1.29, 1.82) is 0 Å². The summed E-state index contributed by atoms with van der Waals surface area (Å²) in [5.74, 6) is 1.34. The van der Waals surface area contributed by atoms with Gasteiger partial charge >= 0.3 is 0 Å². The van der Waals surface area contributed by atoms with Gasteiger partial charge in [-0.15, -0.1) is 0 Å². The van der Waals surface area contributed by atoms with E-state index in [9.17, 15) is 0 Å². The smallest absolute Gasteiger partial charge is 0.130 e. The summed E-state index contributed by atoms with van der Waals surface area (Å²) in [6, 6.07) is 23.2. The summed E-state index contributed by atoms with van der Waals surface area (Å²) in [6.45, 7) is 7.37. The number of aromatic nitrogens is 1. The molecule has 0 aliphatic rings. The van der Waals surface area contributed by atoms with E-state index in [0.29, 0.717) is 12.5 Å². The Morgan fingerprint density at radius 1 is 0.923 bits per heavy atom.